The molecule has 0 radical (unpaired) electrons. The Balaban J connectivity index is 1.70. The molecular weight excluding hydrogens is 410 g/mol. The number of halogens is 3. The molecule has 2 aromatic rings. The van der Waals surface area contributed by atoms with Crippen molar-refractivity contribution < 1.29 is 22.0 Å². The van der Waals surface area contributed by atoms with Gasteiger partial charge in [-0.15, -0.1) is 0 Å². The van der Waals surface area contributed by atoms with Gasteiger partial charge in [-0.2, -0.15) is 8.78 Å². The molecule has 0 bridgehead atoms. The third kappa shape index (κ3) is 4.28. The molecule has 1 amide bonds. The highest BCUT2D eigenvalue weighted by atomic mass is 35.5. The molecule has 0 spiro atoms. The second-order valence-electron chi connectivity index (χ2n) is 6.41. The van der Waals surface area contributed by atoms with Gasteiger partial charge in [-0.1, -0.05) is 41.9 Å². The molecule has 0 N–H and O–H groups in total. The van der Waals surface area contributed by atoms with Gasteiger partial charge in [0.25, 0.3) is 0 Å². The fourth-order valence-corrected chi connectivity index (χ4v) is 4.32. The fourth-order valence-electron chi connectivity index (χ4n) is 3.17. The van der Waals surface area contributed by atoms with Crippen molar-refractivity contribution in [2.45, 2.75) is 17.1 Å². The minimum Gasteiger partial charge on any atom is -0.367 e. The van der Waals surface area contributed by atoms with Crippen molar-refractivity contribution >= 4 is 33.0 Å². The minimum atomic E-state index is -4.70. The monoisotopic (exact) mass is 428 g/mol. The second-order valence-corrected chi connectivity index (χ2v) is 8.70. The van der Waals surface area contributed by atoms with Crippen LogP contribution in [0, 0.1) is 0 Å². The first-order valence-electron chi connectivity index (χ1n) is 8.68. The number of hydrogen-bond donors (Lipinski definition) is 0. The number of rotatable bonds is 5. The van der Waals surface area contributed by atoms with E-state index in [1.165, 1.54) is 18.2 Å². The first-order valence-corrected chi connectivity index (χ1v) is 10.6. The summed E-state index contributed by atoms with van der Waals surface area (Å²) in [6.07, 6.45) is 0.177. The van der Waals surface area contributed by atoms with E-state index in [4.69, 9.17) is 11.6 Å². The Morgan fingerprint density at radius 3 is 2.25 bits per heavy atom. The van der Waals surface area contributed by atoms with Gasteiger partial charge in [0, 0.05) is 31.2 Å². The molecule has 1 fully saturated rings. The van der Waals surface area contributed by atoms with Crippen molar-refractivity contribution in [3.05, 3.63) is 59.1 Å². The zero-order valence-corrected chi connectivity index (χ0v) is 16.5. The van der Waals surface area contributed by atoms with Crippen LogP contribution in [0.25, 0.3) is 0 Å². The number of benzene rings is 2. The summed E-state index contributed by atoms with van der Waals surface area (Å²) in [5, 5.41) is 0.528. The van der Waals surface area contributed by atoms with Crippen LogP contribution in [-0.4, -0.2) is 51.2 Å². The number of amides is 1. The van der Waals surface area contributed by atoms with Crippen LogP contribution in [0.15, 0.2) is 53.4 Å². The molecule has 2 aromatic carbocycles. The third-order valence-electron chi connectivity index (χ3n) is 4.68. The van der Waals surface area contributed by atoms with Crippen molar-refractivity contribution in [2.24, 2.45) is 0 Å². The van der Waals surface area contributed by atoms with Crippen molar-refractivity contribution in [1.82, 2.24) is 4.90 Å². The largest absolute Gasteiger partial charge is 0.367 e. The van der Waals surface area contributed by atoms with Crippen LogP contribution in [-0.2, 0) is 21.1 Å². The Morgan fingerprint density at radius 1 is 1.00 bits per heavy atom. The Morgan fingerprint density at radius 2 is 1.61 bits per heavy atom. The van der Waals surface area contributed by atoms with Gasteiger partial charge in [0.05, 0.1) is 17.0 Å². The topological polar surface area (TPSA) is 57.7 Å². The molecule has 1 aliphatic heterocycles. The average molecular weight is 429 g/mol. The summed E-state index contributed by atoms with van der Waals surface area (Å²) in [5.74, 6) is -3.56. The van der Waals surface area contributed by atoms with Gasteiger partial charge in [0.2, 0.25) is 15.7 Å². The van der Waals surface area contributed by atoms with Crippen LogP contribution >= 0.6 is 11.6 Å². The third-order valence-corrected chi connectivity index (χ3v) is 6.48. The van der Waals surface area contributed by atoms with Gasteiger partial charge in [-0.25, -0.2) is 8.42 Å². The maximum absolute atomic E-state index is 13.0. The van der Waals surface area contributed by atoms with Crippen LogP contribution in [0.4, 0.5) is 14.5 Å². The molecule has 0 saturated carbocycles. The predicted molar refractivity (Wildman–Crippen MR) is 104 cm³/mol. The highest BCUT2D eigenvalue weighted by molar-refractivity contribution is 7.91. The van der Waals surface area contributed by atoms with Crippen molar-refractivity contribution in [1.29, 1.82) is 0 Å². The van der Waals surface area contributed by atoms with Gasteiger partial charge in [-0.3, -0.25) is 4.79 Å². The molecule has 1 saturated heterocycles. The summed E-state index contributed by atoms with van der Waals surface area (Å²) in [5.41, 5.74) is 0.978. The number of alkyl halides is 2. The van der Waals surface area contributed by atoms with E-state index < -0.39 is 15.6 Å². The molecule has 0 aliphatic carbocycles. The Kier molecular flexibility index (Phi) is 6.20. The van der Waals surface area contributed by atoms with Crippen LogP contribution in [0.1, 0.15) is 5.56 Å². The van der Waals surface area contributed by atoms with Crippen molar-refractivity contribution in [3.63, 3.8) is 0 Å². The number of piperazine rings is 1. The van der Waals surface area contributed by atoms with E-state index >= 15 is 0 Å². The van der Waals surface area contributed by atoms with E-state index in [0.29, 0.717) is 31.2 Å². The van der Waals surface area contributed by atoms with Crippen molar-refractivity contribution in [2.75, 3.05) is 31.1 Å². The number of sulfone groups is 1. The highest BCUT2D eigenvalue weighted by Crippen LogP contribution is 2.30. The van der Waals surface area contributed by atoms with Crippen LogP contribution < -0.4 is 4.90 Å². The molecular formula is C19H19ClF2N2O3S. The number of para-hydroxylation sites is 1. The highest BCUT2D eigenvalue weighted by Gasteiger charge is 2.31. The quantitative estimate of drug-likeness (QED) is 0.733. The summed E-state index contributed by atoms with van der Waals surface area (Å²) in [7, 11) is -4.70. The number of hydrogen-bond acceptors (Lipinski definition) is 4. The Bertz CT molecular complexity index is 961. The molecule has 3 rings (SSSR count). The fraction of sp³-hybridized carbons (Fsp3) is 0.316. The first kappa shape index (κ1) is 20.5. The summed E-state index contributed by atoms with van der Waals surface area (Å²) >= 11 is 6.10. The minimum absolute atomic E-state index is 0.0822. The lowest BCUT2D eigenvalue weighted by Gasteiger charge is -2.37. The molecule has 28 heavy (non-hydrogen) atoms. The van der Waals surface area contributed by atoms with E-state index in [9.17, 15) is 22.0 Å². The Labute approximate surface area is 167 Å². The average Bonchev–Trinajstić information content (AvgIpc) is 2.69. The molecule has 5 nitrogen and oxygen atoms in total. The summed E-state index contributed by atoms with van der Waals surface area (Å²) < 4.78 is 49.9. The summed E-state index contributed by atoms with van der Waals surface area (Å²) in [6.45, 7) is 1.44. The zero-order chi connectivity index (χ0) is 20.3. The summed E-state index contributed by atoms with van der Waals surface area (Å²) in [4.78, 5) is 15.5. The molecule has 0 unspecified atom stereocenters. The van der Waals surface area contributed by atoms with Gasteiger partial charge in [0.1, 0.15) is 0 Å². The molecule has 1 heterocycles. The van der Waals surface area contributed by atoms with Crippen LogP contribution in [0.2, 0.25) is 5.02 Å². The standard InChI is InChI=1S/C19H19ClF2N2O3S/c20-15-6-2-1-5-14(15)13-18(25)24-11-9-23(10-12-24)16-7-3-4-8-17(16)28(26,27)19(21)22/h1-8,19H,9-13H2. The number of carbonyl (C=O) groups excluding carboxylic acids is 1. The lowest BCUT2D eigenvalue weighted by atomic mass is 10.1. The second kappa shape index (κ2) is 8.45. The van der Waals surface area contributed by atoms with Gasteiger partial charge < -0.3 is 9.80 Å². The number of nitrogens with zero attached hydrogens (tertiary/aromatic N) is 2. The van der Waals surface area contributed by atoms with Gasteiger partial charge in [-0.05, 0) is 23.8 Å². The summed E-state index contributed by atoms with van der Waals surface area (Å²) in [6, 6.07) is 12.8. The van der Waals surface area contributed by atoms with Crippen molar-refractivity contribution in [3.8, 4) is 0 Å². The number of anilines is 1. The molecule has 0 aromatic heterocycles. The normalized spacial score (nSPS) is 15.1. The maximum Gasteiger partial charge on any atom is 0.341 e. The molecule has 150 valence electrons. The molecule has 0 atom stereocenters. The van der Waals surface area contributed by atoms with E-state index in [1.54, 1.807) is 34.1 Å². The molecule has 9 heteroatoms. The zero-order valence-electron chi connectivity index (χ0n) is 14.9. The van der Waals surface area contributed by atoms with E-state index in [1.807, 2.05) is 6.07 Å². The van der Waals surface area contributed by atoms with E-state index in [2.05, 4.69) is 0 Å². The predicted octanol–water partition coefficient (Wildman–Crippen LogP) is 3.23. The lowest BCUT2D eigenvalue weighted by molar-refractivity contribution is -0.130. The van der Waals surface area contributed by atoms with Gasteiger partial charge in [0.15, 0.2) is 0 Å². The lowest BCUT2D eigenvalue weighted by Crippen LogP contribution is -2.49. The Hall–Kier alpha value is -2.19. The first-order chi connectivity index (χ1) is 13.3. The molecule has 1 aliphatic rings. The van der Waals surface area contributed by atoms with Crippen LogP contribution in [0.5, 0.6) is 0 Å². The SMILES string of the molecule is O=C(Cc1ccccc1Cl)N1CCN(c2ccccc2S(=O)(=O)C(F)F)CC1. The van der Waals surface area contributed by atoms with Crippen LogP contribution in [0.3, 0.4) is 0 Å². The maximum atomic E-state index is 13.0. The smallest absolute Gasteiger partial charge is 0.341 e. The number of carbonyl (C=O) groups is 1. The van der Waals surface area contributed by atoms with E-state index in [0.717, 1.165) is 5.56 Å². The van der Waals surface area contributed by atoms with Gasteiger partial charge >= 0.3 is 5.76 Å². The van der Waals surface area contributed by atoms with E-state index in [-0.39, 0.29) is 22.9 Å².